The first-order valence-electron chi connectivity index (χ1n) is 7.31. The van der Waals surface area contributed by atoms with Gasteiger partial charge in [-0.3, -0.25) is 9.59 Å². The highest BCUT2D eigenvalue weighted by Crippen LogP contribution is 2.26. The monoisotopic (exact) mass is 305 g/mol. The van der Waals surface area contributed by atoms with Crippen LogP contribution < -0.4 is 4.90 Å². The van der Waals surface area contributed by atoms with Crippen molar-refractivity contribution in [2.24, 2.45) is 5.92 Å². The van der Waals surface area contributed by atoms with Crippen molar-refractivity contribution in [3.63, 3.8) is 0 Å². The lowest BCUT2D eigenvalue weighted by Crippen LogP contribution is -2.26. The van der Waals surface area contributed by atoms with E-state index >= 15 is 0 Å². The van der Waals surface area contributed by atoms with E-state index in [2.05, 4.69) is 0 Å². The van der Waals surface area contributed by atoms with Crippen molar-refractivity contribution < 1.29 is 23.9 Å². The molecule has 0 aliphatic carbocycles. The lowest BCUT2D eigenvalue weighted by molar-refractivity contribution is -0.147. The van der Waals surface area contributed by atoms with Gasteiger partial charge in [-0.2, -0.15) is 0 Å². The molecule has 1 aromatic rings. The van der Waals surface area contributed by atoms with Crippen molar-refractivity contribution in [3.05, 3.63) is 29.8 Å². The molecule has 1 aliphatic heterocycles. The number of nitrogens with zero attached hydrogens (tertiary/aromatic N) is 1. The number of carbonyl (C=O) groups is 3. The SMILES string of the molecule is CCOC(=O)c1ccc(N2CC(C(=O)OCC)CC2=O)cc1. The zero-order valence-electron chi connectivity index (χ0n) is 12.7. The molecule has 1 heterocycles. The third-order valence-electron chi connectivity index (χ3n) is 3.44. The summed E-state index contributed by atoms with van der Waals surface area (Å²) in [5, 5.41) is 0. The van der Waals surface area contributed by atoms with Gasteiger partial charge < -0.3 is 14.4 Å². The van der Waals surface area contributed by atoms with E-state index in [-0.39, 0.29) is 18.3 Å². The Kier molecular flexibility index (Phi) is 5.14. The van der Waals surface area contributed by atoms with Gasteiger partial charge >= 0.3 is 11.9 Å². The zero-order valence-corrected chi connectivity index (χ0v) is 12.7. The maximum Gasteiger partial charge on any atom is 0.338 e. The Bertz CT molecular complexity index is 566. The van der Waals surface area contributed by atoms with Gasteiger partial charge in [0.25, 0.3) is 0 Å². The number of rotatable bonds is 5. The molecule has 1 aliphatic rings. The number of amides is 1. The summed E-state index contributed by atoms with van der Waals surface area (Å²) in [5.41, 5.74) is 1.09. The standard InChI is InChI=1S/C16H19NO5/c1-3-21-15(19)11-5-7-13(8-6-11)17-10-12(9-14(17)18)16(20)22-4-2/h5-8,12H,3-4,9-10H2,1-2H3. The minimum Gasteiger partial charge on any atom is -0.466 e. The molecule has 6 heteroatoms. The number of esters is 2. The van der Waals surface area contributed by atoms with Crippen LogP contribution in [0.4, 0.5) is 5.69 Å². The first-order chi connectivity index (χ1) is 10.6. The second-order valence-corrected chi connectivity index (χ2v) is 4.92. The molecule has 1 saturated heterocycles. The van der Waals surface area contributed by atoms with Gasteiger partial charge in [-0.1, -0.05) is 0 Å². The van der Waals surface area contributed by atoms with E-state index in [4.69, 9.17) is 9.47 Å². The smallest absolute Gasteiger partial charge is 0.338 e. The molecule has 0 N–H and O–H groups in total. The number of hydrogen-bond acceptors (Lipinski definition) is 5. The molecule has 1 aromatic carbocycles. The molecule has 22 heavy (non-hydrogen) atoms. The van der Waals surface area contributed by atoms with Gasteiger partial charge in [-0.15, -0.1) is 0 Å². The van der Waals surface area contributed by atoms with E-state index in [0.29, 0.717) is 31.0 Å². The Morgan fingerprint density at radius 2 is 1.77 bits per heavy atom. The van der Waals surface area contributed by atoms with E-state index in [0.717, 1.165) is 0 Å². The fourth-order valence-electron chi connectivity index (χ4n) is 2.37. The Labute approximate surface area is 129 Å². The van der Waals surface area contributed by atoms with Crippen LogP contribution in [0.25, 0.3) is 0 Å². The fraction of sp³-hybridized carbons (Fsp3) is 0.438. The average molecular weight is 305 g/mol. The van der Waals surface area contributed by atoms with E-state index in [1.165, 1.54) is 4.90 Å². The summed E-state index contributed by atoms with van der Waals surface area (Å²) in [6.45, 7) is 4.39. The Balaban J connectivity index is 2.07. The van der Waals surface area contributed by atoms with Crippen molar-refractivity contribution in [1.82, 2.24) is 0 Å². The minimum atomic E-state index is -0.433. The molecule has 0 radical (unpaired) electrons. The molecule has 118 valence electrons. The normalized spacial score (nSPS) is 17.5. The molecular weight excluding hydrogens is 286 g/mol. The second kappa shape index (κ2) is 7.06. The van der Waals surface area contributed by atoms with Crippen LogP contribution in [0.2, 0.25) is 0 Å². The van der Waals surface area contributed by atoms with Crippen LogP contribution in [-0.4, -0.2) is 37.6 Å². The summed E-state index contributed by atoms with van der Waals surface area (Å²) in [6.07, 6.45) is 0.151. The third-order valence-corrected chi connectivity index (χ3v) is 3.44. The number of benzene rings is 1. The van der Waals surface area contributed by atoms with Crippen LogP contribution in [-0.2, 0) is 19.1 Å². The summed E-state index contributed by atoms with van der Waals surface area (Å²) in [6, 6.07) is 6.58. The number of ether oxygens (including phenoxy) is 2. The molecule has 0 saturated carbocycles. The highest BCUT2D eigenvalue weighted by molar-refractivity contribution is 6.00. The van der Waals surface area contributed by atoms with Gasteiger partial charge in [0, 0.05) is 18.7 Å². The molecule has 1 unspecified atom stereocenters. The Morgan fingerprint density at radius 1 is 1.14 bits per heavy atom. The van der Waals surface area contributed by atoms with E-state index in [1.54, 1.807) is 38.1 Å². The summed E-state index contributed by atoms with van der Waals surface area (Å²) >= 11 is 0. The molecule has 0 bridgehead atoms. The number of anilines is 1. The van der Waals surface area contributed by atoms with Gasteiger partial charge in [-0.25, -0.2) is 4.79 Å². The van der Waals surface area contributed by atoms with Gasteiger partial charge in [0.15, 0.2) is 0 Å². The highest BCUT2D eigenvalue weighted by atomic mass is 16.5. The zero-order chi connectivity index (χ0) is 16.1. The van der Waals surface area contributed by atoms with E-state index in [9.17, 15) is 14.4 Å². The predicted octanol–water partition coefficient (Wildman–Crippen LogP) is 1.78. The first kappa shape index (κ1) is 16.0. The average Bonchev–Trinajstić information content (AvgIpc) is 2.90. The minimum absolute atomic E-state index is 0.123. The maximum atomic E-state index is 12.0. The van der Waals surface area contributed by atoms with Crippen molar-refractivity contribution in [2.45, 2.75) is 20.3 Å². The summed E-state index contributed by atoms with van der Waals surface area (Å²) in [4.78, 5) is 36.9. The summed E-state index contributed by atoms with van der Waals surface area (Å²) < 4.78 is 9.87. The summed E-state index contributed by atoms with van der Waals surface area (Å²) in [5.74, 6) is -1.30. The van der Waals surface area contributed by atoms with Crippen LogP contribution >= 0.6 is 0 Å². The van der Waals surface area contributed by atoms with E-state index < -0.39 is 11.9 Å². The third kappa shape index (κ3) is 3.44. The van der Waals surface area contributed by atoms with Crippen LogP contribution in [0.5, 0.6) is 0 Å². The quantitative estimate of drug-likeness (QED) is 0.775. The van der Waals surface area contributed by atoms with Crippen molar-refractivity contribution >= 4 is 23.5 Å². The van der Waals surface area contributed by atoms with Crippen molar-refractivity contribution in [1.29, 1.82) is 0 Å². The molecule has 1 fully saturated rings. The molecule has 6 nitrogen and oxygen atoms in total. The number of hydrogen-bond donors (Lipinski definition) is 0. The first-order valence-corrected chi connectivity index (χ1v) is 7.31. The van der Waals surface area contributed by atoms with Crippen LogP contribution in [0.1, 0.15) is 30.6 Å². The van der Waals surface area contributed by atoms with E-state index in [1.807, 2.05) is 0 Å². The van der Waals surface area contributed by atoms with Crippen LogP contribution in [0.3, 0.4) is 0 Å². The largest absolute Gasteiger partial charge is 0.466 e. The van der Waals surface area contributed by atoms with Crippen molar-refractivity contribution in [2.75, 3.05) is 24.7 Å². The lowest BCUT2D eigenvalue weighted by Gasteiger charge is -2.16. The summed E-state index contributed by atoms with van der Waals surface area (Å²) in [7, 11) is 0. The van der Waals surface area contributed by atoms with Crippen molar-refractivity contribution in [3.8, 4) is 0 Å². The van der Waals surface area contributed by atoms with Gasteiger partial charge in [-0.05, 0) is 38.1 Å². The maximum absolute atomic E-state index is 12.0. The lowest BCUT2D eigenvalue weighted by atomic mass is 10.1. The Morgan fingerprint density at radius 3 is 2.36 bits per heavy atom. The number of carbonyl (C=O) groups excluding carboxylic acids is 3. The van der Waals surface area contributed by atoms with Gasteiger partial charge in [0.2, 0.25) is 5.91 Å². The predicted molar refractivity (Wildman–Crippen MR) is 79.5 cm³/mol. The Hall–Kier alpha value is -2.37. The van der Waals surface area contributed by atoms with Crippen LogP contribution in [0.15, 0.2) is 24.3 Å². The molecular formula is C16H19NO5. The second-order valence-electron chi connectivity index (χ2n) is 4.92. The molecule has 2 rings (SSSR count). The molecule has 0 aromatic heterocycles. The molecule has 1 atom stereocenters. The van der Waals surface area contributed by atoms with Gasteiger partial charge in [0.1, 0.15) is 0 Å². The van der Waals surface area contributed by atoms with Crippen LogP contribution in [0, 0.1) is 5.92 Å². The molecule has 1 amide bonds. The molecule has 0 spiro atoms. The van der Waals surface area contributed by atoms with Gasteiger partial charge in [0.05, 0.1) is 24.7 Å². The topological polar surface area (TPSA) is 72.9 Å². The fourth-order valence-corrected chi connectivity index (χ4v) is 2.37. The highest BCUT2D eigenvalue weighted by Gasteiger charge is 2.36.